The van der Waals surface area contributed by atoms with Gasteiger partial charge in [-0.25, -0.2) is 0 Å². The molecule has 164 valence electrons. The van der Waals surface area contributed by atoms with E-state index in [4.69, 9.17) is 0 Å². The standard InChI is InChI=1S/C25H27F3N2O/c26-25(27,28)19-8-4-5-16(11-19)9-10-29-24(31)23-21-14-30(15-22(21)23)20-12-18(13-20)17-6-2-1-3-7-17/h1-8,11,18,20-23H,9-10,12-15H2,(H,29,31)/t18?,20?,21-,22+,23?. The van der Waals surface area contributed by atoms with E-state index in [1.165, 1.54) is 24.5 Å². The molecule has 3 fully saturated rings. The zero-order chi connectivity index (χ0) is 21.6. The third-order valence-electron chi connectivity index (χ3n) is 7.39. The summed E-state index contributed by atoms with van der Waals surface area (Å²) in [6.07, 6.45) is -1.51. The third-order valence-corrected chi connectivity index (χ3v) is 7.39. The molecule has 1 N–H and O–H groups in total. The van der Waals surface area contributed by atoms with E-state index in [0.717, 1.165) is 25.2 Å². The highest BCUT2D eigenvalue weighted by Crippen LogP contribution is 2.54. The van der Waals surface area contributed by atoms with E-state index in [0.29, 0.717) is 42.3 Å². The summed E-state index contributed by atoms with van der Waals surface area (Å²) in [4.78, 5) is 15.1. The number of halogens is 3. The van der Waals surface area contributed by atoms with E-state index in [1.54, 1.807) is 6.07 Å². The molecule has 2 aromatic carbocycles. The van der Waals surface area contributed by atoms with Crippen LogP contribution in [0.25, 0.3) is 0 Å². The van der Waals surface area contributed by atoms with Gasteiger partial charge in [0.25, 0.3) is 0 Å². The van der Waals surface area contributed by atoms with Gasteiger partial charge in [-0.1, -0.05) is 48.5 Å². The van der Waals surface area contributed by atoms with Crippen molar-refractivity contribution in [3.8, 4) is 0 Å². The smallest absolute Gasteiger partial charge is 0.356 e. The van der Waals surface area contributed by atoms with Crippen LogP contribution in [0.3, 0.4) is 0 Å². The Hall–Kier alpha value is -2.34. The van der Waals surface area contributed by atoms with Gasteiger partial charge < -0.3 is 5.32 Å². The Morgan fingerprint density at radius 3 is 2.39 bits per heavy atom. The van der Waals surface area contributed by atoms with Crippen LogP contribution in [0.4, 0.5) is 13.2 Å². The predicted molar refractivity (Wildman–Crippen MR) is 112 cm³/mol. The van der Waals surface area contributed by atoms with Crippen LogP contribution in [0.2, 0.25) is 0 Å². The van der Waals surface area contributed by atoms with Gasteiger partial charge in [0.2, 0.25) is 5.91 Å². The molecule has 0 radical (unpaired) electrons. The van der Waals surface area contributed by atoms with Gasteiger partial charge in [0.1, 0.15) is 0 Å². The lowest BCUT2D eigenvalue weighted by atomic mass is 9.75. The molecule has 31 heavy (non-hydrogen) atoms. The lowest BCUT2D eigenvalue weighted by Gasteiger charge is -2.42. The van der Waals surface area contributed by atoms with E-state index in [9.17, 15) is 18.0 Å². The van der Waals surface area contributed by atoms with Gasteiger partial charge >= 0.3 is 6.18 Å². The van der Waals surface area contributed by atoms with E-state index >= 15 is 0 Å². The number of alkyl halides is 3. The number of rotatable bonds is 6. The maximum absolute atomic E-state index is 12.8. The molecule has 6 heteroatoms. The minimum atomic E-state index is -4.34. The summed E-state index contributed by atoms with van der Waals surface area (Å²) in [6, 6.07) is 16.6. The fourth-order valence-corrected chi connectivity index (χ4v) is 5.48. The van der Waals surface area contributed by atoms with Crippen molar-refractivity contribution in [3.05, 3.63) is 71.3 Å². The van der Waals surface area contributed by atoms with Crippen molar-refractivity contribution in [1.82, 2.24) is 10.2 Å². The second-order valence-corrected chi connectivity index (χ2v) is 9.28. The van der Waals surface area contributed by atoms with Crippen LogP contribution >= 0.6 is 0 Å². The molecule has 1 aliphatic heterocycles. The molecule has 1 saturated heterocycles. The molecule has 3 nitrogen and oxygen atoms in total. The molecule has 2 aliphatic carbocycles. The molecule has 1 amide bonds. The Labute approximate surface area is 180 Å². The quantitative estimate of drug-likeness (QED) is 0.736. The zero-order valence-electron chi connectivity index (χ0n) is 17.3. The Morgan fingerprint density at radius 2 is 1.71 bits per heavy atom. The summed E-state index contributed by atoms with van der Waals surface area (Å²) < 4.78 is 38.4. The summed E-state index contributed by atoms with van der Waals surface area (Å²) in [5, 5.41) is 2.94. The summed E-state index contributed by atoms with van der Waals surface area (Å²) in [5.41, 5.74) is 1.38. The van der Waals surface area contributed by atoms with Crippen LogP contribution < -0.4 is 5.32 Å². The highest BCUT2D eigenvalue weighted by atomic mass is 19.4. The SMILES string of the molecule is O=C(NCCc1cccc(C(F)(F)F)c1)C1[C@H]2CN(C3CC(c4ccccc4)C3)C[C@@H]12. The molecule has 2 saturated carbocycles. The van der Waals surface area contributed by atoms with Gasteiger partial charge in [-0.2, -0.15) is 13.2 Å². The summed E-state index contributed by atoms with van der Waals surface area (Å²) in [7, 11) is 0. The zero-order valence-corrected chi connectivity index (χ0v) is 17.3. The van der Waals surface area contributed by atoms with Gasteiger partial charge in [-0.3, -0.25) is 9.69 Å². The first-order chi connectivity index (χ1) is 14.9. The fourth-order valence-electron chi connectivity index (χ4n) is 5.48. The monoisotopic (exact) mass is 428 g/mol. The Kier molecular flexibility index (Phi) is 5.29. The van der Waals surface area contributed by atoms with E-state index < -0.39 is 11.7 Å². The van der Waals surface area contributed by atoms with Gasteiger partial charge in [0.05, 0.1) is 5.56 Å². The van der Waals surface area contributed by atoms with Crippen molar-refractivity contribution in [1.29, 1.82) is 0 Å². The van der Waals surface area contributed by atoms with Gasteiger partial charge in [-0.15, -0.1) is 0 Å². The Bertz CT molecular complexity index is 927. The molecule has 3 aliphatic rings. The van der Waals surface area contributed by atoms with Crippen LogP contribution in [0.15, 0.2) is 54.6 Å². The lowest BCUT2D eigenvalue weighted by Crippen LogP contribution is -2.44. The van der Waals surface area contributed by atoms with Gasteiger partial charge in [-0.05, 0) is 54.2 Å². The number of benzene rings is 2. The van der Waals surface area contributed by atoms with Crippen molar-refractivity contribution in [2.24, 2.45) is 17.8 Å². The molecule has 0 bridgehead atoms. The second-order valence-electron chi connectivity index (χ2n) is 9.28. The minimum Gasteiger partial charge on any atom is -0.356 e. The molecule has 0 aromatic heterocycles. The summed E-state index contributed by atoms with van der Waals surface area (Å²) >= 11 is 0. The number of nitrogens with zero attached hydrogens (tertiary/aromatic N) is 1. The minimum absolute atomic E-state index is 0.0670. The molecule has 1 unspecified atom stereocenters. The maximum Gasteiger partial charge on any atom is 0.416 e. The predicted octanol–water partition coefficient (Wildman–Crippen LogP) is 4.49. The number of carbonyl (C=O) groups is 1. The molecule has 2 aromatic rings. The van der Waals surface area contributed by atoms with Crippen molar-refractivity contribution in [2.45, 2.75) is 37.4 Å². The van der Waals surface area contributed by atoms with E-state index in [-0.39, 0.29) is 11.8 Å². The number of nitrogens with one attached hydrogen (secondary N) is 1. The molecule has 0 spiro atoms. The average molecular weight is 428 g/mol. The molecular weight excluding hydrogens is 401 g/mol. The molecule has 3 atom stereocenters. The number of carbonyl (C=O) groups excluding carboxylic acids is 1. The molecule has 5 rings (SSSR count). The number of likely N-dealkylation sites (tertiary alicyclic amines) is 1. The van der Waals surface area contributed by atoms with Crippen LogP contribution in [-0.2, 0) is 17.4 Å². The topological polar surface area (TPSA) is 32.3 Å². The first-order valence-electron chi connectivity index (χ1n) is 11.1. The number of amides is 1. The lowest BCUT2D eigenvalue weighted by molar-refractivity contribution is -0.137. The Balaban J connectivity index is 1.04. The van der Waals surface area contributed by atoms with Crippen molar-refractivity contribution in [3.63, 3.8) is 0 Å². The largest absolute Gasteiger partial charge is 0.416 e. The number of hydrogen-bond donors (Lipinski definition) is 1. The van der Waals surface area contributed by atoms with Crippen molar-refractivity contribution < 1.29 is 18.0 Å². The number of hydrogen-bond acceptors (Lipinski definition) is 2. The third kappa shape index (κ3) is 4.22. The number of piperidine rings is 1. The highest BCUT2D eigenvalue weighted by molar-refractivity contribution is 5.82. The van der Waals surface area contributed by atoms with Crippen molar-refractivity contribution >= 4 is 5.91 Å². The van der Waals surface area contributed by atoms with E-state index in [1.807, 2.05) is 0 Å². The second kappa shape index (κ2) is 7.97. The van der Waals surface area contributed by atoms with Crippen LogP contribution in [0.1, 0.15) is 35.4 Å². The van der Waals surface area contributed by atoms with Crippen LogP contribution in [0, 0.1) is 17.8 Å². The summed E-state index contributed by atoms with van der Waals surface area (Å²) in [5.74, 6) is 1.71. The average Bonchev–Trinajstić information content (AvgIpc) is 3.22. The summed E-state index contributed by atoms with van der Waals surface area (Å²) in [6.45, 7) is 2.38. The highest BCUT2D eigenvalue weighted by Gasteiger charge is 2.60. The fraction of sp³-hybridized carbons (Fsp3) is 0.480. The van der Waals surface area contributed by atoms with Crippen LogP contribution in [-0.4, -0.2) is 36.5 Å². The number of fused-ring (bicyclic) bond motifs is 1. The normalized spacial score (nSPS) is 29.8. The molecular formula is C25H27F3N2O. The van der Waals surface area contributed by atoms with E-state index in [2.05, 4.69) is 40.5 Å². The van der Waals surface area contributed by atoms with Gasteiger partial charge in [0.15, 0.2) is 0 Å². The molecule has 1 heterocycles. The first kappa shape index (κ1) is 20.6. The van der Waals surface area contributed by atoms with Crippen LogP contribution in [0.5, 0.6) is 0 Å². The first-order valence-corrected chi connectivity index (χ1v) is 11.1. The maximum atomic E-state index is 12.8. The Morgan fingerprint density at radius 1 is 1.00 bits per heavy atom. The van der Waals surface area contributed by atoms with Gasteiger partial charge in [0, 0.05) is 31.6 Å². The van der Waals surface area contributed by atoms with Crippen molar-refractivity contribution in [2.75, 3.05) is 19.6 Å².